The van der Waals surface area contributed by atoms with E-state index in [9.17, 15) is 4.79 Å². The van der Waals surface area contributed by atoms with Gasteiger partial charge in [-0.25, -0.2) is 0 Å². The Balaban J connectivity index is 1.66. The minimum atomic E-state index is -0.102. The fourth-order valence-corrected chi connectivity index (χ4v) is 4.55. The summed E-state index contributed by atoms with van der Waals surface area (Å²) in [6.45, 7) is 13.8. The fraction of sp³-hybridized carbons (Fsp3) is 0.444. The zero-order valence-electron chi connectivity index (χ0n) is 19.9. The first-order chi connectivity index (χ1) is 15.8. The van der Waals surface area contributed by atoms with Gasteiger partial charge in [0.1, 0.15) is 12.4 Å². The van der Waals surface area contributed by atoms with Crippen LogP contribution in [0.2, 0.25) is 5.02 Å². The molecule has 5 nitrogen and oxygen atoms in total. The molecule has 0 unspecified atom stereocenters. The van der Waals surface area contributed by atoms with Crippen LogP contribution in [0.1, 0.15) is 61.8 Å². The van der Waals surface area contributed by atoms with Crippen molar-refractivity contribution in [1.29, 1.82) is 0 Å². The van der Waals surface area contributed by atoms with Gasteiger partial charge in [0, 0.05) is 41.5 Å². The van der Waals surface area contributed by atoms with E-state index in [-0.39, 0.29) is 5.91 Å². The van der Waals surface area contributed by atoms with Crippen LogP contribution in [0.4, 0.5) is 5.69 Å². The quantitative estimate of drug-likeness (QED) is 0.522. The van der Waals surface area contributed by atoms with E-state index < -0.39 is 0 Å². The highest BCUT2D eigenvalue weighted by Gasteiger charge is 2.25. The minimum absolute atomic E-state index is 0.102. The van der Waals surface area contributed by atoms with E-state index in [1.807, 2.05) is 18.2 Å². The summed E-state index contributed by atoms with van der Waals surface area (Å²) in [5.41, 5.74) is 5.61. The summed E-state index contributed by atoms with van der Waals surface area (Å²) >= 11 is 6.21. The van der Waals surface area contributed by atoms with Crippen LogP contribution in [0.15, 0.2) is 30.3 Å². The number of hydrogen-bond acceptors (Lipinski definition) is 4. The van der Waals surface area contributed by atoms with Crippen molar-refractivity contribution >= 4 is 34.8 Å². The summed E-state index contributed by atoms with van der Waals surface area (Å²) in [6, 6.07) is 9.80. The van der Waals surface area contributed by atoms with Gasteiger partial charge in [-0.1, -0.05) is 39.3 Å². The number of carbonyl (C=O) groups is 1. The Labute approximate surface area is 201 Å². The third-order valence-electron chi connectivity index (χ3n) is 6.25. The highest BCUT2D eigenvalue weighted by molar-refractivity contribution is 6.36. The van der Waals surface area contributed by atoms with Crippen molar-refractivity contribution in [2.75, 3.05) is 44.8 Å². The third kappa shape index (κ3) is 5.43. The Bertz CT molecular complexity index is 1030. The third-order valence-corrected chi connectivity index (χ3v) is 6.48. The number of rotatable bonds is 7. The van der Waals surface area contributed by atoms with Crippen molar-refractivity contribution in [3.63, 3.8) is 0 Å². The summed E-state index contributed by atoms with van der Waals surface area (Å²) in [5.74, 6) is 1.46. The lowest BCUT2D eigenvalue weighted by molar-refractivity contribution is -0.110. The van der Waals surface area contributed by atoms with Crippen molar-refractivity contribution in [3.05, 3.63) is 57.6 Å². The first-order valence-corrected chi connectivity index (χ1v) is 12.1. The molecule has 2 aliphatic heterocycles. The van der Waals surface area contributed by atoms with Crippen LogP contribution in [-0.4, -0.2) is 50.3 Å². The van der Waals surface area contributed by atoms with Gasteiger partial charge in [-0.05, 0) is 64.9 Å². The molecule has 4 rings (SSSR count). The molecule has 33 heavy (non-hydrogen) atoms. The average Bonchev–Trinajstić information content (AvgIpc) is 3.09. The van der Waals surface area contributed by atoms with Gasteiger partial charge < -0.3 is 14.8 Å². The van der Waals surface area contributed by atoms with E-state index in [4.69, 9.17) is 21.1 Å². The van der Waals surface area contributed by atoms with Gasteiger partial charge in [-0.3, -0.25) is 9.69 Å². The summed E-state index contributed by atoms with van der Waals surface area (Å²) in [7, 11) is 0. The van der Waals surface area contributed by atoms with Crippen LogP contribution in [0.5, 0.6) is 5.75 Å². The largest absolute Gasteiger partial charge is 0.492 e. The number of ether oxygens (including phenoxy) is 2. The molecule has 6 heteroatoms. The van der Waals surface area contributed by atoms with Gasteiger partial charge in [0.2, 0.25) is 0 Å². The molecule has 176 valence electrons. The zero-order chi connectivity index (χ0) is 23.5. The standard InChI is InChI=1S/C27H33ClN2O3/c1-17(2)21-13-19(15-24-23-16-20(28)5-6-25(23)29-27(24)31)14-22(18(3)4)26(21)33-12-9-30-7-10-32-11-8-30/h5-6,13-18H,7-12H2,1-4H3,(H,29,31). The molecule has 1 N–H and O–H groups in total. The summed E-state index contributed by atoms with van der Waals surface area (Å²) in [5, 5.41) is 3.55. The number of halogens is 1. The number of nitrogens with one attached hydrogen (secondary N) is 1. The van der Waals surface area contributed by atoms with Crippen molar-refractivity contribution in [2.24, 2.45) is 0 Å². The van der Waals surface area contributed by atoms with E-state index in [1.165, 1.54) is 11.1 Å². The van der Waals surface area contributed by atoms with Gasteiger partial charge in [0.15, 0.2) is 0 Å². The van der Waals surface area contributed by atoms with E-state index in [2.05, 4.69) is 50.0 Å². The van der Waals surface area contributed by atoms with Crippen molar-refractivity contribution < 1.29 is 14.3 Å². The summed E-state index contributed by atoms with van der Waals surface area (Å²) in [6.07, 6.45) is 1.97. The molecule has 0 bridgehead atoms. The maximum Gasteiger partial charge on any atom is 0.256 e. The molecule has 0 saturated carbocycles. The molecule has 0 radical (unpaired) electrons. The number of amides is 1. The van der Waals surface area contributed by atoms with Crippen LogP contribution in [-0.2, 0) is 9.53 Å². The zero-order valence-corrected chi connectivity index (χ0v) is 20.7. The number of fused-ring (bicyclic) bond motifs is 1. The topological polar surface area (TPSA) is 50.8 Å². The highest BCUT2D eigenvalue weighted by atomic mass is 35.5. The number of benzene rings is 2. The van der Waals surface area contributed by atoms with Crippen LogP contribution in [0.25, 0.3) is 11.6 Å². The van der Waals surface area contributed by atoms with Crippen LogP contribution in [0.3, 0.4) is 0 Å². The second-order valence-electron chi connectivity index (χ2n) is 9.34. The van der Waals surface area contributed by atoms with Gasteiger partial charge in [0.05, 0.1) is 13.2 Å². The Morgan fingerprint density at radius 3 is 2.39 bits per heavy atom. The van der Waals surface area contributed by atoms with Gasteiger partial charge in [-0.15, -0.1) is 0 Å². The number of hydrogen-bond donors (Lipinski definition) is 1. The summed E-state index contributed by atoms with van der Waals surface area (Å²) in [4.78, 5) is 15.1. The van der Waals surface area contributed by atoms with E-state index >= 15 is 0 Å². The number of morpholine rings is 1. The molecule has 1 fully saturated rings. The monoisotopic (exact) mass is 468 g/mol. The molecule has 2 aromatic carbocycles. The molecule has 0 spiro atoms. The molecule has 1 amide bonds. The van der Waals surface area contributed by atoms with Crippen molar-refractivity contribution in [2.45, 2.75) is 39.5 Å². The lowest BCUT2D eigenvalue weighted by Gasteiger charge is -2.27. The first-order valence-electron chi connectivity index (χ1n) is 11.8. The van der Waals surface area contributed by atoms with Gasteiger partial charge in [0.25, 0.3) is 5.91 Å². The number of nitrogens with zero attached hydrogens (tertiary/aromatic N) is 1. The Morgan fingerprint density at radius 2 is 1.76 bits per heavy atom. The smallest absolute Gasteiger partial charge is 0.256 e. The molecule has 1 saturated heterocycles. The van der Waals surface area contributed by atoms with Gasteiger partial charge >= 0.3 is 0 Å². The average molecular weight is 469 g/mol. The molecule has 2 heterocycles. The molecule has 2 aliphatic rings. The Morgan fingerprint density at radius 1 is 1.09 bits per heavy atom. The molecule has 2 aromatic rings. The Kier molecular flexibility index (Phi) is 7.42. The second kappa shape index (κ2) is 10.3. The number of anilines is 1. The molecule has 0 aliphatic carbocycles. The normalized spacial score (nSPS) is 17.7. The predicted octanol–water partition coefficient (Wildman–Crippen LogP) is 5.79. The Hall–Kier alpha value is -2.34. The lowest BCUT2D eigenvalue weighted by atomic mass is 9.90. The second-order valence-corrected chi connectivity index (χ2v) is 9.78. The first kappa shape index (κ1) is 23.8. The molecule has 0 atom stereocenters. The number of carbonyl (C=O) groups excluding carboxylic acids is 1. The molecular weight excluding hydrogens is 436 g/mol. The van der Waals surface area contributed by atoms with Gasteiger partial charge in [-0.2, -0.15) is 0 Å². The van der Waals surface area contributed by atoms with Crippen LogP contribution < -0.4 is 10.1 Å². The molecular formula is C27H33ClN2O3. The van der Waals surface area contributed by atoms with Crippen LogP contribution >= 0.6 is 11.6 Å². The van der Waals surface area contributed by atoms with E-state index in [1.54, 1.807) is 6.07 Å². The summed E-state index contributed by atoms with van der Waals surface area (Å²) < 4.78 is 11.9. The highest BCUT2D eigenvalue weighted by Crippen LogP contribution is 2.39. The SMILES string of the molecule is CC(C)c1cc(C=C2C(=O)Nc3ccc(Cl)cc32)cc(C(C)C)c1OCCN1CCOCC1. The van der Waals surface area contributed by atoms with E-state index in [0.717, 1.165) is 55.4 Å². The van der Waals surface area contributed by atoms with E-state index in [0.29, 0.717) is 29.0 Å². The maximum atomic E-state index is 12.7. The maximum absolute atomic E-state index is 12.7. The van der Waals surface area contributed by atoms with Crippen LogP contribution in [0, 0.1) is 0 Å². The minimum Gasteiger partial charge on any atom is -0.492 e. The van der Waals surface area contributed by atoms with Crippen molar-refractivity contribution in [3.8, 4) is 5.75 Å². The lowest BCUT2D eigenvalue weighted by Crippen LogP contribution is -2.38. The van der Waals surface area contributed by atoms with Crippen molar-refractivity contribution in [1.82, 2.24) is 4.90 Å². The predicted molar refractivity (Wildman–Crippen MR) is 135 cm³/mol. The molecule has 0 aromatic heterocycles. The fourth-order valence-electron chi connectivity index (χ4n) is 4.38.